The lowest BCUT2D eigenvalue weighted by Gasteiger charge is -2.35. The fourth-order valence-corrected chi connectivity index (χ4v) is 2.15. The van der Waals surface area contributed by atoms with Gasteiger partial charge in [0.05, 0.1) is 0 Å². The summed E-state index contributed by atoms with van der Waals surface area (Å²) in [6, 6.07) is 1.69. The molecule has 0 radical (unpaired) electrons. The zero-order valence-corrected chi connectivity index (χ0v) is 7.45. The number of nitrogens with one attached hydrogen (secondary N) is 1. The van der Waals surface area contributed by atoms with Crippen molar-refractivity contribution in [2.24, 2.45) is 0 Å². The van der Waals surface area contributed by atoms with Gasteiger partial charge >= 0.3 is 0 Å². The molecule has 1 N–H and O–H groups in total. The Labute approximate surface area is 70.4 Å². The van der Waals surface area contributed by atoms with E-state index in [9.17, 15) is 0 Å². The highest BCUT2D eigenvalue weighted by molar-refractivity contribution is 4.93. The largest absolute Gasteiger partial charge is 0.309 e. The third-order valence-electron chi connectivity index (χ3n) is 2.88. The maximum Gasteiger partial charge on any atom is 0.123 e. The molecule has 0 aliphatic carbocycles. The van der Waals surface area contributed by atoms with Crippen LogP contribution >= 0.6 is 0 Å². The Morgan fingerprint density at radius 3 is 2.36 bits per heavy atom. The quantitative estimate of drug-likeness (QED) is 0.603. The lowest BCUT2D eigenvalue weighted by molar-refractivity contribution is 0.158. The van der Waals surface area contributed by atoms with Gasteiger partial charge in [-0.2, -0.15) is 0 Å². The molecule has 64 valence electrons. The summed E-state index contributed by atoms with van der Waals surface area (Å²) >= 11 is 0. The smallest absolute Gasteiger partial charge is 0.123 e. The van der Waals surface area contributed by atoms with Crippen molar-refractivity contribution in [3.05, 3.63) is 0 Å². The van der Waals surface area contributed by atoms with E-state index in [0.717, 1.165) is 13.1 Å². The van der Waals surface area contributed by atoms with Gasteiger partial charge in [0.2, 0.25) is 0 Å². The first-order valence-corrected chi connectivity index (χ1v) is 4.69. The van der Waals surface area contributed by atoms with Gasteiger partial charge in [0.1, 0.15) is 1.41 Å². The Kier molecular flexibility index (Phi) is 1.61. The number of hydrogen-bond donors (Lipinski definition) is 1. The normalized spacial score (nSPS) is 41.5. The minimum absolute atomic E-state index is 0.520. The molecule has 2 rings (SSSR count). The molecule has 2 unspecified atom stereocenters. The lowest BCUT2D eigenvalue weighted by Crippen LogP contribution is -2.53. The molecule has 0 saturated carbocycles. The van der Waals surface area contributed by atoms with E-state index in [1.807, 2.05) is 5.31 Å². The number of piperazine rings is 1. The van der Waals surface area contributed by atoms with E-state index >= 15 is 0 Å². The van der Waals surface area contributed by atoms with Gasteiger partial charge in [-0.1, -0.05) is 0 Å². The Bertz CT molecular complexity index is 158. The molecule has 0 aromatic carbocycles. The fraction of sp³-hybridized carbons (Fsp3) is 1.00. The zero-order valence-electron chi connectivity index (χ0n) is 8.45. The predicted octanol–water partition coefficient (Wildman–Crippen LogP) is 0.831. The van der Waals surface area contributed by atoms with Gasteiger partial charge in [0.15, 0.2) is 0 Å². The van der Waals surface area contributed by atoms with Crippen molar-refractivity contribution in [2.75, 3.05) is 13.1 Å². The van der Waals surface area contributed by atoms with Gasteiger partial charge in [-0.05, 0) is 26.7 Å². The van der Waals surface area contributed by atoms with Crippen LogP contribution in [0.15, 0.2) is 0 Å². The van der Waals surface area contributed by atoms with Crippen LogP contribution in [0.2, 0.25) is 1.41 Å². The predicted molar refractivity (Wildman–Crippen MR) is 46.7 cm³/mol. The first-order valence-electron chi connectivity index (χ1n) is 5.14. The summed E-state index contributed by atoms with van der Waals surface area (Å²) in [6.45, 7) is 6.72. The summed E-state index contributed by atoms with van der Waals surface area (Å²) in [5.41, 5.74) is 0. The number of fused-ring (bicyclic) bond motifs is 2. The van der Waals surface area contributed by atoms with E-state index in [4.69, 9.17) is 1.41 Å². The molecule has 2 nitrogen and oxygen atoms in total. The molecule has 2 fully saturated rings. The van der Waals surface area contributed by atoms with Crippen molar-refractivity contribution in [3.8, 4) is 0 Å². The van der Waals surface area contributed by atoms with Crippen molar-refractivity contribution in [3.63, 3.8) is 0 Å². The van der Waals surface area contributed by atoms with Crippen LogP contribution in [0.5, 0.6) is 0 Å². The molecule has 0 amide bonds. The van der Waals surface area contributed by atoms with Crippen LogP contribution in [0, 0.1) is 0 Å². The van der Waals surface area contributed by atoms with E-state index in [-0.39, 0.29) is 0 Å². The number of rotatable bonds is 1. The monoisotopic (exact) mass is 155 g/mol. The number of hydrogen-bond acceptors (Lipinski definition) is 2. The van der Waals surface area contributed by atoms with E-state index in [2.05, 4.69) is 18.7 Å². The fourth-order valence-electron chi connectivity index (χ4n) is 2.15. The maximum absolute atomic E-state index is 7.78. The molecule has 11 heavy (non-hydrogen) atoms. The first-order chi connectivity index (χ1) is 5.68. The zero-order chi connectivity index (χ0) is 8.72. The molecule has 2 atom stereocenters. The molecule has 2 aliphatic heterocycles. The lowest BCUT2D eigenvalue weighted by atomic mass is 10.2. The summed E-state index contributed by atoms with van der Waals surface area (Å²) in [5.74, 6) is 0. The van der Waals surface area contributed by atoms with Gasteiger partial charge < -0.3 is 5.31 Å². The second kappa shape index (κ2) is 2.76. The topological polar surface area (TPSA) is 15.3 Å². The third kappa shape index (κ3) is 1.42. The Balaban J connectivity index is 2.02. The van der Waals surface area contributed by atoms with Gasteiger partial charge in [-0.15, -0.1) is 0 Å². The highest BCUT2D eigenvalue weighted by atomic mass is 15.2. The summed E-state index contributed by atoms with van der Waals surface area (Å²) in [6.07, 6.45) is 2.47. The van der Waals surface area contributed by atoms with Crippen LogP contribution in [-0.4, -0.2) is 36.1 Å². The third-order valence-corrected chi connectivity index (χ3v) is 2.88. The van der Waals surface area contributed by atoms with Gasteiger partial charge in [-0.25, -0.2) is 0 Å². The minimum atomic E-state index is 0.520. The van der Waals surface area contributed by atoms with E-state index in [1.54, 1.807) is 0 Å². The van der Waals surface area contributed by atoms with E-state index in [0.29, 0.717) is 18.1 Å². The molecule has 0 aromatic heterocycles. The maximum atomic E-state index is 7.78. The molecule has 2 bridgehead atoms. The average molecular weight is 155 g/mol. The van der Waals surface area contributed by atoms with E-state index in [1.165, 1.54) is 12.8 Å². The minimum Gasteiger partial charge on any atom is -0.309 e. The van der Waals surface area contributed by atoms with Crippen LogP contribution in [0.3, 0.4) is 0 Å². The molecule has 2 heterocycles. The van der Waals surface area contributed by atoms with Crippen LogP contribution in [0.1, 0.15) is 26.7 Å². The highest BCUT2D eigenvalue weighted by Gasteiger charge is 2.32. The van der Waals surface area contributed by atoms with Crippen molar-refractivity contribution < 1.29 is 1.41 Å². The van der Waals surface area contributed by atoms with Crippen molar-refractivity contribution >= 4 is 0 Å². The molecule has 2 aliphatic rings. The summed E-state index contributed by atoms with van der Waals surface area (Å²) < 4.78 is 7.78. The Morgan fingerprint density at radius 1 is 1.36 bits per heavy atom. The second-order valence-corrected chi connectivity index (χ2v) is 4.08. The van der Waals surface area contributed by atoms with E-state index < -0.39 is 0 Å². The summed E-state index contributed by atoms with van der Waals surface area (Å²) in [7, 11) is 0. The van der Waals surface area contributed by atoms with Crippen LogP contribution in [0.4, 0.5) is 0 Å². The van der Waals surface area contributed by atoms with Gasteiger partial charge in [-0.3, -0.25) is 4.90 Å². The van der Waals surface area contributed by atoms with Crippen LogP contribution in [0.25, 0.3) is 0 Å². The second-order valence-electron chi connectivity index (χ2n) is 4.08. The van der Waals surface area contributed by atoms with Crippen LogP contribution < -0.4 is 5.31 Å². The molecule has 0 spiro atoms. The van der Waals surface area contributed by atoms with Gasteiger partial charge in [0.25, 0.3) is 0 Å². The van der Waals surface area contributed by atoms with Crippen LogP contribution in [-0.2, 0) is 0 Å². The standard InChI is InChI=1S/C9H18N2/c1-7(2)11-5-8-3-4-9(6-11)10-8/h7-10H,3-6H2,1-2H3/i/hD. The molecule has 2 heteroatoms. The van der Waals surface area contributed by atoms with Crippen molar-refractivity contribution in [1.82, 2.24) is 10.2 Å². The molecule has 0 aromatic rings. The number of nitrogens with zero attached hydrogens (tertiary/aromatic N) is 1. The Morgan fingerprint density at radius 2 is 1.91 bits per heavy atom. The van der Waals surface area contributed by atoms with Crippen molar-refractivity contribution in [2.45, 2.75) is 44.8 Å². The number of likely N-dealkylation sites (tertiary alicyclic amines) is 1. The Hall–Kier alpha value is -0.0800. The van der Waals surface area contributed by atoms with Crippen molar-refractivity contribution in [1.29, 1.82) is 0 Å². The molecular formula is C9H18N2. The molecular weight excluding hydrogens is 136 g/mol. The first kappa shape index (κ1) is 6.44. The average Bonchev–Trinajstić information content (AvgIpc) is 2.30. The SMILES string of the molecule is [2H]N1C2CCC1CN(C(C)C)C2. The molecule has 2 saturated heterocycles. The summed E-state index contributed by atoms with van der Waals surface area (Å²) in [4.78, 5) is 2.51. The summed E-state index contributed by atoms with van der Waals surface area (Å²) in [5, 5.41) is 1.83. The van der Waals surface area contributed by atoms with Gasteiger partial charge in [0, 0.05) is 31.2 Å². The highest BCUT2D eigenvalue weighted by Crippen LogP contribution is 2.21.